The van der Waals surface area contributed by atoms with E-state index in [4.69, 9.17) is 9.15 Å². The minimum Gasteiger partial charge on any atom is -0.467 e. The number of nitrogens with one attached hydrogen (secondary N) is 2. The SMILES string of the molecule is CNc1ccc(C(=O)OCC(=O)NCc2ccco2)cc1[N+](=O)[O-]. The molecule has 9 nitrogen and oxygen atoms in total. The van der Waals surface area contributed by atoms with E-state index in [1.54, 1.807) is 12.1 Å². The Morgan fingerprint density at radius 1 is 1.33 bits per heavy atom. The fraction of sp³-hybridized carbons (Fsp3) is 0.200. The van der Waals surface area contributed by atoms with Gasteiger partial charge in [0.25, 0.3) is 11.6 Å². The first-order valence-corrected chi connectivity index (χ1v) is 6.93. The highest BCUT2D eigenvalue weighted by Gasteiger charge is 2.18. The highest BCUT2D eigenvalue weighted by atomic mass is 16.6. The topological polar surface area (TPSA) is 124 Å². The highest BCUT2D eigenvalue weighted by molar-refractivity contribution is 5.93. The Morgan fingerprint density at radius 3 is 2.75 bits per heavy atom. The van der Waals surface area contributed by atoms with Crippen molar-refractivity contribution >= 4 is 23.3 Å². The van der Waals surface area contributed by atoms with Gasteiger partial charge in [0.2, 0.25) is 0 Å². The number of nitro groups is 1. The molecule has 1 aromatic carbocycles. The number of nitro benzene ring substituents is 1. The molecule has 0 spiro atoms. The summed E-state index contributed by atoms with van der Waals surface area (Å²) in [6.45, 7) is -0.327. The fourth-order valence-electron chi connectivity index (χ4n) is 1.89. The largest absolute Gasteiger partial charge is 0.467 e. The van der Waals surface area contributed by atoms with Crippen LogP contribution in [0.4, 0.5) is 11.4 Å². The van der Waals surface area contributed by atoms with E-state index in [0.29, 0.717) is 5.76 Å². The normalized spacial score (nSPS) is 10.0. The number of hydrogen-bond acceptors (Lipinski definition) is 7. The lowest BCUT2D eigenvalue weighted by Gasteiger charge is -2.07. The summed E-state index contributed by atoms with van der Waals surface area (Å²) < 4.78 is 9.89. The van der Waals surface area contributed by atoms with Crippen LogP contribution in [0.3, 0.4) is 0 Å². The number of nitrogens with zero attached hydrogens (tertiary/aromatic N) is 1. The van der Waals surface area contributed by atoms with Gasteiger partial charge in [-0.15, -0.1) is 0 Å². The molecule has 0 atom stereocenters. The van der Waals surface area contributed by atoms with Crippen LogP contribution in [-0.4, -0.2) is 30.5 Å². The molecule has 0 fully saturated rings. The van der Waals surface area contributed by atoms with Gasteiger partial charge in [-0.3, -0.25) is 14.9 Å². The molecule has 2 N–H and O–H groups in total. The Hall–Kier alpha value is -3.36. The van der Waals surface area contributed by atoms with Gasteiger partial charge in [-0.05, 0) is 24.3 Å². The number of esters is 1. The van der Waals surface area contributed by atoms with E-state index in [0.717, 1.165) is 6.07 Å². The maximum Gasteiger partial charge on any atom is 0.338 e. The van der Waals surface area contributed by atoms with Crippen LogP contribution < -0.4 is 10.6 Å². The Bertz CT molecular complexity index is 742. The van der Waals surface area contributed by atoms with Crippen LogP contribution in [0.2, 0.25) is 0 Å². The van der Waals surface area contributed by atoms with Crippen LogP contribution in [0.5, 0.6) is 0 Å². The van der Waals surface area contributed by atoms with Crippen molar-refractivity contribution in [3.8, 4) is 0 Å². The van der Waals surface area contributed by atoms with Gasteiger partial charge in [0, 0.05) is 13.1 Å². The summed E-state index contributed by atoms with van der Waals surface area (Å²) in [4.78, 5) is 33.8. The molecule has 0 bridgehead atoms. The Balaban J connectivity index is 1.91. The smallest absolute Gasteiger partial charge is 0.338 e. The summed E-state index contributed by atoms with van der Waals surface area (Å²) in [5.74, 6) is -0.775. The van der Waals surface area contributed by atoms with Crippen molar-refractivity contribution in [3.05, 3.63) is 58.0 Å². The Morgan fingerprint density at radius 2 is 2.12 bits per heavy atom. The van der Waals surface area contributed by atoms with Crippen molar-refractivity contribution < 1.29 is 23.7 Å². The first-order valence-electron chi connectivity index (χ1n) is 6.93. The first-order chi connectivity index (χ1) is 11.5. The maximum absolute atomic E-state index is 11.9. The third kappa shape index (κ3) is 4.32. The summed E-state index contributed by atoms with van der Waals surface area (Å²) in [7, 11) is 1.53. The molecule has 126 valence electrons. The van der Waals surface area contributed by atoms with E-state index in [1.807, 2.05) is 0 Å². The Kier molecular flexibility index (Phi) is 5.50. The number of hydrogen-bond donors (Lipinski definition) is 2. The molecular formula is C15H15N3O6. The van der Waals surface area contributed by atoms with Crippen LogP contribution in [0.15, 0.2) is 41.0 Å². The summed E-state index contributed by atoms with van der Waals surface area (Å²) in [6.07, 6.45) is 1.48. The first kappa shape index (κ1) is 17.0. The molecule has 0 radical (unpaired) electrons. The number of rotatable bonds is 7. The monoisotopic (exact) mass is 333 g/mol. The third-order valence-corrected chi connectivity index (χ3v) is 3.07. The van der Waals surface area contributed by atoms with E-state index < -0.39 is 23.4 Å². The zero-order chi connectivity index (χ0) is 17.5. The summed E-state index contributed by atoms with van der Waals surface area (Å²) in [5, 5.41) is 16.1. The van der Waals surface area contributed by atoms with E-state index in [2.05, 4.69) is 10.6 Å². The van der Waals surface area contributed by atoms with E-state index in [9.17, 15) is 19.7 Å². The standard InChI is InChI=1S/C15H15N3O6/c1-16-12-5-4-10(7-13(12)18(21)22)15(20)24-9-14(19)17-8-11-3-2-6-23-11/h2-7,16H,8-9H2,1H3,(H,17,19). The number of anilines is 1. The molecule has 0 unspecified atom stereocenters. The number of carbonyl (C=O) groups is 2. The molecule has 0 aliphatic carbocycles. The van der Waals surface area contributed by atoms with E-state index >= 15 is 0 Å². The average molecular weight is 333 g/mol. The van der Waals surface area contributed by atoms with Crippen LogP contribution >= 0.6 is 0 Å². The van der Waals surface area contributed by atoms with Crippen molar-refractivity contribution in [1.82, 2.24) is 5.32 Å². The van der Waals surface area contributed by atoms with Gasteiger partial charge in [0.05, 0.1) is 23.3 Å². The fourth-order valence-corrected chi connectivity index (χ4v) is 1.89. The molecule has 0 saturated carbocycles. The van der Waals surface area contributed by atoms with Crippen LogP contribution in [-0.2, 0) is 16.1 Å². The molecule has 0 aliphatic heterocycles. The lowest BCUT2D eigenvalue weighted by molar-refractivity contribution is -0.384. The van der Waals surface area contributed by atoms with Gasteiger partial charge < -0.3 is 19.8 Å². The van der Waals surface area contributed by atoms with Gasteiger partial charge in [0.1, 0.15) is 11.4 Å². The van der Waals surface area contributed by atoms with Crippen molar-refractivity contribution in [1.29, 1.82) is 0 Å². The second-order valence-electron chi connectivity index (χ2n) is 4.67. The zero-order valence-electron chi connectivity index (χ0n) is 12.8. The van der Waals surface area contributed by atoms with Crippen molar-refractivity contribution in [2.75, 3.05) is 19.0 Å². The molecule has 1 amide bonds. The van der Waals surface area contributed by atoms with Gasteiger partial charge in [-0.25, -0.2) is 4.79 Å². The molecule has 0 aliphatic rings. The maximum atomic E-state index is 11.9. The lowest BCUT2D eigenvalue weighted by atomic mass is 10.1. The predicted molar refractivity (Wildman–Crippen MR) is 83.5 cm³/mol. The second-order valence-corrected chi connectivity index (χ2v) is 4.67. The summed E-state index contributed by atoms with van der Waals surface area (Å²) in [6, 6.07) is 7.24. The molecule has 1 aromatic heterocycles. The van der Waals surface area contributed by atoms with E-state index in [1.165, 1.54) is 25.4 Å². The molecule has 0 saturated heterocycles. The molecule has 9 heteroatoms. The predicted octanol–water partition coefficient (Wildman–Crippen LogP) is 1.70. The zero-order valence-corrected chi connectivity index (χ0v) is 12.8. The summed E-state index contributed by atoms with van der Waals surface area (Å²) >= 11 is 0. The molecular weight excluding hydrogens is 318 g/mol. The summed E-state index contributed by atoms with van der Waals surface area (Å²) in [5.41, 5.74) is 0.00139. The number of amides is 1. The quantitative estimate of drug-likeness (QED) is 0.449. The molecule has 2 aromatic rings. The van der Waals surface area contributed by atoms with Crippen LogP contribution in [0.1, 0.15) is 16.1 Å². The molecule has 1 heterocycles. The van der Waals surface area contributed by atoms with Gasteiger partial charge in [-0.1, -0.05) is 0 Å². The van der Waals surface area contributed by atoms with Crippen LogP contribution in [0.25, 0.3) is 0 Å². The minimum atomic E-state index is -0.825. The van der Waals surface area contributed by atoms with E-state index in [-0.39, 0.29) is 23.5 Å². The Labute approximate surface area is 136 Å². The van der Waals surface area contributed by atoms with Crippen molar-refractivity contribution in [2.24, 2.45) is 0 Å². The lowest BCUT2D eigenvalue weighted by Crippen LogP contribution is -2.28. The highest BCUT2D eigenvalue weighted by Crippen LogP contribution is 2.25. The van der Waals surface area contributed by atoms with Gasteiger partial charge in [-0.2, -0.15) is 0 Å². The number of benzene rings is 1. The number of furan rings is 1. The average Bonchev–Trinajstić information content (AvgIpc) is 3.10. The number of ether oxygens (including phenoxy) is 1. The van der Waals surface area contributed by atoms with Crippen molar-refractivity contribution in [3.63, 3.8) is 0 Å². The molecule has 24 heavy (non-hydrogen) atoms. The molecule has 2 rings (SSSR count). The van der Waals surface area contributed by atoms with Gasteiger partial charge >= 0.3 is 5.97 Å². The number of carbonyl (C=O) groups excluding carboxylic acids is 2. The third-order valence-electron chi connectivity index (χ3n) is 3.07. The second kappa shape index (κ2) is 7.77. The van der Waals surface area contributed by atoms with Crippen LogP contribution in [0, 0.1) is 10.1 Å². The van der Waals surface area contributed by atoms with Crippen molar-refractivity contribution in [2.45, 2.75) is 6.54 Å². The van der Waals surface area contributed by atoms with Gasteiger partial charge in [0.15, 0.2) is 6.61 Å². The minimum absolute atomic E-state index is 0.0143.